The summed E-state index contributed by atoms with van der Waals surface area (Å²) in [5, 5.41) is 3.19. The fourth-order valence-electron chi connectivity index (χ4n) is 3.50. The molecule has 1 saturated heterocycles. The topological polar surface area (TPSA) is 67.3 Å². The Kier molecular flexibility index (Phi) is 6.27. The third-order valence-corrected chi connectivity index (χ3v) is 4.85. The van der Waals surface area contributed by atoms with E-state index in [1.165, 1.54) is 6.42 Å². The van der Waals surface area contributed by atoms with Crippen LogP contribution in [0.2, 0.25) is 0 Å². The maximum atomic E-state index is 13.0. The average Bonchev–Trinajstić information content (AvgIpc) is 2.68. The van der Waals surface area contributed by atoms with Crippen molar-refractivity contribution in [1.29, 1.82) is 0 Å². The second-order valence-electron chi connectivity index (χ2n) is 6.86. The molecule has 1 unspecified atom stereocenters. The fraction of sp³-hybridized carbons (Fsp3) is 0.476. The molecule has 1 aromatic heterocycles. The highest BCUT2D eigenvalue weighted by atomic mass is 16.5. The largest absolute Gasteiger partial charge is 0.494 e. The number of aromatic nitrogens is 2. The van der Waals surface area contributed by atoms with E-state index in [4.69, 9.17) is 4.74 Å². The molecule has 0 aliphatic carbocycles. The number of carbonyl (C=O) groups excluding carboxylic acids is 1. The molecule has 1 aliphatic heterocycles. The molecule has 2 heterocycles. The summed E-state index contributed by atoms with van der Waals surface area (Å²) >= 11 is 0. The average molecular weight is 368 g/mol. The van der Waals surface area contributed by atoms with Crippen LogP contribution in [0.1, 0.15) is 55.7 Å². The molecule has 0 bridgehead atoms. The molecule has 0 spiro atoms. The van der Waals surface area contributed by atoms with E-state index < -0.39 is 0 Å². The number of hydrogen-bond donors (Lipinski definition) is 1. The van der Waals surface area contributed by atoms with Crippen LogP contribution in [0.25, 0.3) is 0 Å². The third kappa shape index (κ3) is 4.76. The molecule has 1 aliphatic rings. The zero-order valence-corrected chi connectivity index (χ0v) is 16.4. The Bertz CT molecular complexity index is 776. The SMILES string of the molecule is CCOc1ccc(Nc2nc(C)cc(C(=O)N3CCCCC3CC)n2)cc1. The number of benzene rings is 1. The van der Waals surface area contributed by atoms with Gasteiger partial charge in [-0.15, -0.1) is 0 Å². The van der Waals surface area contributed by atoms with Gasteiger partial charge >= 0.3 is 0 Å². The van der Waals surface area contributed by atoms with Gasteiger partial charge in [0.05, 0.1) is 6.61 Å². The molecule has 1 N–H and O–H groups in total. The minimum Gasteiger partial charge on any atom is -0.494 e. The molecule has 144 valence electrons. The predicted octanol–water partition coefficient (Wildman–Crippen LogP) is 4.33. The minimum absolute atomic E-state index is 0.00166. The molecule has 3 rings (SSSR count). The van der Waals surface area contributed by atoms with E-state index in [1.54, 1.807) is 6.07 Å². The summed E-state index contributed by atoms with van der Waals surface area (Å²) < 4.78 is 5.46. The number of ether oxygens (including phenoxy) is 1. The highest BCUT2D eigenvalue weighted by molar-refractivity contribution is 5.93. The summed E-state index contributed by atoms with van der Waals surface area (Å²) in [5.41, 5.74) is 2.08. The van der Waals surface area contributed by atoms with Gasteiger partial charge in [-0.05, 0) is 69.9 Å². The lowest BCUT2D eigenvalue weighted by Gasteiger charge is -2.35. The zero-order chi connectivity index (χ0) is 19.2. The first-order valence-electron chi connectivity index (χ1n) is 9.77. The third-order valence-electron chi connectivity index (χ3n) is 4.85. The standard InChI is InChI=1S/C21H28N4O2/c1-4-17-8-6-7-13-25(17)20(26)19-14-15(3)22-21(24-19)23-16-9-11-18(12-10-16)27-5-2/h9-12,14,17H,4-8,13H2,1-3H3,(H,22,23,24). The number of carbonyl (C=O) groups is 1. The van der Waals surface area contributed by atoms with Gasteiger partial charge in [0.25, 0.3) is 5.91 Å². The number of likely N-dealkylation sites (tertiary alicyclic amines) is 1. The number of aryl methyl sites for hydroxylation is 1. The first kappa shape index (κ1) is 19.1. The Labute approximate surface area is 161 Å². The van der Waals surface area contributed by atoms with Crippen LogP contribution in [0.5, 0.6) is 5.75 Å². The molecule has 0 saturated carbocycles. The van der Waals surface area contributed by atoms with Crippen molar-refractivity contribution < 1.29 is 9.53 Å². The number of anilines is 2. The van der Waals surface area contributed by atoms with Gasteiger partial charge in [0, 0.05) is 24.0 Å². The highest BCUT2D eigenvalue weighted by Gasteiger charge is 2.27. The summed E-state index contributed by atoms with van der Waals surface area (Å²) in [7, 11) is 0. The molecule has 1 atom stereocenters. The predicted molar refractivity (Wildman–Crippen MR) is 107 cm³/mol. The summed E-state index contributed by atoms with van der Waals surface area (Å²) in [6.07, 6.45) is 4.30. The summed E-state index contributed by atoms with van der Waals surface area (Å²) in [4.78, 5) is 23.9. The molecule has 27 heavy (non-hydrogen) atoms. The Morgan fingerprint density at radius 1 is 1.22 bits per heavy atom. The first-order chi connectivity index (χ1) is 13.1. The van der Waals surface area contributed by atoms with Crippen molar-refractivity contribution in [2.75, 3.05) is 18.5 Å². The number of nitrogens with one attached hydrogen (secondary N) is 1. The molecule has 1 fully saturated rings. The lowest BCUT2D eigenvalue weighted by Crippen LogP contribution is -2.43. The van der Waals surface area contributed by atoms with E-state index in [1.807, 2.05) is 43.0 Å². The summed E-state index contributed by atoms with van der Waals surface area (Å²) in [6.45, 7) is 7.42. The van der Waals surface area contributed by atoms with Crippen LogP contribution < -0.4 is 10.1 Å². The van der Waals surface area contributed by atoms with Crippen molar-refractivity contribution in [2.45, 2.75) is 52.5 Å². The van der Waals surface area contributed by atoms with E-state index in [9.17, 15) is 4.79 Å². The van der Waals surface area contributed by atoms with E-state index in [-0.39, 0.29) is 5.91 Å². The molecular weight excluding hydrogens is 340 g/mol. The molecule has 1 aromatic carbocycles. The van der Waals surface area contributed by atoms with Crippen LogP contribution >= 0.6 is 0 Å². The minimum atomic E-state index is 0.00166. The summed E-state index contributed by atoms with van der Waals surface area (Å²) in [5.74, 6) is 1.26. The molecular formula is C21H28N4O2. The lowest BCUT2D eigenvalue weighted by molar-refractivity contribution is 0.0602. The van der Waals surface area contributed by atoms with Gasteiger partial charge in [-0.3, -0.25) is 4.79 Å². The van der Waals surface area contributed by atoms with Gasteiger partial charge in [0.15, 0.2) is 0 Å². The number of piperidine rings is 1. The monoisotopic (exact) mass is 368 g/mol. The normalized spacial score (nSPS) is 16.9. The van der Waals surface area contributed by atoms with Crippen molar-refractivity contribution >= 4 is 17.5 Å². The number of nitrogens with zero attached hydrogens (tertiary/aromatic N) is 3. The van der Waals surface area contributed by atoms with Gasteiger partial charge in [-0.2, -0.15) is 0 Å². The maximum absolute atomic E-state index is 13.0. The van der Waals surface area contributed by atoms with Gasteiger partial charge in [-0.25, -0.2) is 9.97 Å². The molecule has 2 aromatic rings. The maximum Gasteiger partial charge on any atom is 0.272 e. The van der Waals surface area contributed by atoms with Gasteiger partial charge in [0.2, 0.25) is 5.95 Å². The fourth-order valence-corrected chi connectivity index (χ4v) is 3.50. The van der Waals surface area contributed by atoms with Crippen molar-refractivity contribution in [1.82, 2.24) is 14.9 Å². The van der Waals surface area contributed by atoms with Crippen LogP contribution in [0, 0.1) is 6.92 Å². The van der Waals surface area contributed by atoms with Gasteiger partial charge < -0.3 is 15.0 Å². The first-order valence-corrected chi connectivity index (χ1v) is 9.77. The Morgan fingerprint density at radius 3 is 2.70 bits per heavy atom. The van der Waals surface area contributed by atoms with Crippen molar-refractivity contribution in [3.63, 3.8) is 0 Å². The van der Waals surface area contributed by atoms with Crippen LogP contribution in [-0.4, -0.2) is 40.0 Å². The van der Waals surface area contributed by atoms with Crippen LogP contribution in [-0.2, 0) is 0 Å². The second-order valence-corrected chi connectivity index (χ2v) is 6.86. The van der Waals surface area contributed by atoms with E-state index in [0.717, 1.165) is 42.9 Å². The van der Waals surface area contributed by atoms with Crippen LogP contribution in [0.4, 0.5) is 11.6 Å². The Balaban J connectivity index is 1.78. The number of rotatable bonds is 6. The second kappa shape index (κ2) is 8.84. The van der Waals surface area contributed by atoms with Crippen LogP contribution in [0.15, 0.2) is 30.3 Å². The number of hydrogen-bond acceptors (Lipinski definition) is 5. The lowest BCUT2D eigenvalue weighted by atomic mass is 9.99. The van der Waals surface area contributed by atoms with E-state index in [0.29, 0.717) is 24.3 Å². The van der Waals surface area contributed by atoms with Crippen molar-refractivity contribution in [3.8, 4) is 5.75 Å². The Hall–Kier alpha value is -2.63. The van der Waals surface area contributed by atoms with E-state index in [2.05, 4.69) is 22.2 Å². The molecule has 6 heteroatoms. The quantitative estimate of drug-likeness (QED) is 0.822. The van der Waals surface area contributed by atoms with Crippen molar-refractivity contribution in [3.05, 3.63) is 41.7 Å². The molecule has 1 amide bonds. The molecule has 6 nitrogen and oxygen atoms in total. The van der Waals surface area contributed by atoms with Crippen molar-refractivity contribution in [2.24, 2.45) is 0 Å². The number of amides is 1. The Morgan fingerprint density at radius 2 is 2.00 bits per heavy atom. The van der Waals surface area contributed by atoms with Gasteiger partial charge in [0.1, 0.15) is 11.4 Å². The smallest absolute Gasteiger partial charge is 0.272 e. The zero-order valence-electron chi connectivity index (χ0n) is 16.4. The van der Waals surface area contributed by atoms with Gasteiger partial charge in [-0.1, -0.05) is 6.92 Å². The highest BCUT2D eigenvalue weighted by Crippen LogP contribution is 2.23. The molecule has 0 radical (unpaired) electrons. The van der Waals surface area contributed by atoms with Crippen LogP contribution in [0.3, 0.4) is 0 Å². The van der Waals surface area contributed by atoms with E-state index >= 15 is 0 Å². The summed E-state index contributed by atoms with van der Waals surface area (Å²) in [6, 6.07) is 9.70.